The third kappa shape index (κ3) is 10.3. The molecule has 228 valence electrons. The van der Waals surface area contributed by atoms with E-state index in [4.69, 9.17) is 16.3 Å². The zero-order valence-electron chi connectivity index (χ0n) is 23.1. The Morgan fingerprint density at radius 3 is 2.64 bits per heavy atom. The molecule has 0 radical (unpaired) electrons. The molecule has 1 saturated heterocycles. The van der Waals surface area contributed by atoms with E-state index < -0.39 is 37.0 Å². The number of halogens is 4. The molecule has 16 heteroatoms. The van der Waals surface area contributed by atoms with Gasteiger partial charge in [-0.15, -0.1) is 0 Å². The van der Waals surface area contributed by atoms with Crippen LogP contribution in [0.25, 0.3) is 0 Å². The number of ether oxygens (including phenoxy) is 1. The fourth-order valence-corrected chi connectivity index (χ4v) is 3.65. The molecule has 2 aromatic heterocycles. The van der Waals surface area contributed by atoms with Crippen LogP contribution in [-0.2, 0) is 16.0 Å². The summed E-state index contributed by atoms with van der Waals surface area (Å²) in [7, 11) is 3.17. The highest BCUT2D eigenvalue weighted by Gasteiger charge is 2.42. The lowest BCUT2D eigenvalue weighted by Crippen LogP contribution is -2.58. The van der Waals surface area contributed by atoms with Crippen molar-refractivity contribution in [2.45, 2.75) is 25.3 Å². The molecule has 1 unspecified atom stereocenters. The van der Waals surface area contributed by atoms with Crippen LogP contribution in [0.3, 0.4) is 0 Å². The molecule has 3 N–H and O–H groups in total. The number of nitrogens with zero attached hydrogens (tertiary/aromatic N) is 4. The third-order valence-electron chi connectivity index (χ3n) is 5.56. The van der Waals surface area contributed by atoms with Crippen LogP contribution in [0.15, 0.2) is 47.2 Å². The minimum atomic E-state index is -2.96. The maximum Gasteiger partial charge on any atom is 0.318 e. The number of pyridine rings is 1. The van der Waals surface area contributed by atoms with E-state index in [0.717, 1.165) is 4.90 Å². The lowest BCUT2D eigenvalue weighted by Gasteiger charge is -2.38. The Morgan fingerprint density at radius 2 is 2.05 bits per heavy atom. The molecule has 12 nitrogen and oxygen atoms in total. The van der Waals surface area contributed by atoms with Crippen LogP contribution in [-0.4, -0.2) is 84.7 Å². The van der Waals surface area contributed by atoms with Gasteiger partial charge in [0.15, 0.2) is 5.69 Å². The zero-order chi connectivity index (χ0) is 31.1. The monoisotopic (exact) mass is 613 g/mol. The van der Waals surface area contributed by atoms with Crippen LogP contribution in [0.1, 0.15) is 34.7 Å². The van der Waals surface area contributed by atoms with Crippen molar-refractivity contribution in [2.75, 3.05) is 45.7 Å². The summed E-state index contributed by atoms with van der Waals surface area (Å²) < 4.78 is 48.8. The molecule has 1 aromatic carbocycles. The van der Waals surface area contributed by atoms with Crippen molar-refractivity contribution >= 4 is 35.6 Å². The van der Waals surface area contributed by atoms with Crippen molar-refractivity contribution in [1.29, 1.82) is 0 Å². The number of aromatic nitrogens is 3. The van der Waals surface area contributed by atoms with Crippen molar-refractivity contribution in [3.8, 4) is 0 Å². The summed E-state index contributed by atoms with van der Waals surface area (Å²) in [6.07, 6.45) is 2.72. The Hall–Kier alpha value is -4.24. The van der Waals surface area contributed by atoms with E-state index in [1.165, 1.54) is 19.2 Å². The first kappa shape index (κ1) is 34.0. The first-order valence-electron chi connectivity index (χ1n) is 12.5. The number of hydrogen-bond acceptors (Lipinski definition) is 9. The Bertz CT molecular complexity index is 1290. The largest absolute Gasteiger partial charge is 0.382 e. The van der Waals surface area contributed by atoms with Crippen LogP contribution in [0, 0.1) is 5.82 Å². The second-order valence-electron chi connectivity index (χ2n) is 8.54. The number of amides is 3. The van der Waals surface area contributed by atoms with Crippen LogP contribution in [0.5, 0.6) is 0 Å². The fraction of sp³-hybridized carbons (Fsp3) is 0.385. The lowest BCUT2D eigenvalue weighted by atomic mass is 10.1. The number of aldehydes is 1. The van der Waals surface area contributed by atoms with Gasteiger partial charge in [-0.2, -0.15) is 0 Å². The van der Waals surface area contributed by atoms with E-state index in [9.17, 15) is 27.6 Å². The number of nitrogens with one attached hydrogen (secondary N) is 3. The van der Waals surface area contributed by atoms with Gasteiger partial charge in [0.1, 0.15) is 23.6 Å². The van der Waals surface area contributed by atoms with Crippen molar-refractivity contribution in [2.24, 2.45) is 0 Å². The van der Waals surface area contributed by atoms with Crippen molar-refractivity contribution in [1.82, 2.24) is 30.8 Å². The minimum Gasteiger partial charge on any atom is -0.382 e. The number of rotatable bonds is 9. The summed E-state index contributed by atoms with van der Waals surface area (Å²) >= 11 is 5.33. The van der Waals surface area contributed by atoms with Crippen LogP contribution < -0.4 is 16.0 Å². The Labute approximate surface area is 244 Å². The van der Waals surface area contributed by atoms with E-state index in [1.54, 1.807) is 37.5 Å². The number of carbonyl (C=O) groups excluding carboxylic acids is 3. The average molecular weight is 614 g/mol. The van der Waals surface area contributed by atoms with Gasteiger partial charge in [0.05, 0.1) is 37.3 Å². The molecule has 0 bridgehead atoms. The molecule has 1 atom stereocenters. The quantitative estimate of drug-likeness (QED) is 0.308. The number of methoxy groups -OCH3 is 1. The molecule has 0 saturated carbocycles. The predicted octanol–water partition coefficient (Wildman–Crippen LogP) is 3.51. The van der Waals surface area contributed by atoms with E-state index in [1.807, 2.05) is 6.92 Å². The predicted molar refractivity (Wildman–Crippen MR) is 147 cm³/mol. The Morgan fingerprint density at radius 1 is 1.31 bits per heavy atom. The summed E-state index contributed by atoms with van der Waals surface area (Å²) in [6.45, 7) is 0.645. The average Bonchev–Trinajstić information content (AvgIpc) is 3.47. The van der Waals surface area contributed by atoms with Gasteiger partial charge in [-0.1, -0.05) is 35.8 Å². The maximum absolute atomic E-state index is 13.6. The first-order chi connectivity index (χ1) is 20.1. The molecule has 1 aliphatic rings. The maximum atomic E-state index is 13.6. The van der Waals surface area contributed by atoms with Gasteiger partial charge in [0.2, 0.25) is 0 Å². The highest BCUT2D eigenvalue weighted by Crippen LogP contribution is 2.28. The number of benzene rings is 1. The Balaban J connectivity index is 0.000000248. The van der Waals surface area contributed by atoms with Gasteiger partial charge in [-0.25, -0.2) is 27.6 Å². The SMILES string of the molecule is CCc1nonc1C(=O)NCC=O.CNc1cc(C(COC)N2CC(F)(F)CNC2=O)ccn1.Fc1ccccc1Cl. The second kappa shape index (κ2) is 16.9. The molecule has 4 rings (SSSR count). The first-order valence-corrected chi connectivity index (χ1v) is 12.9. The highest BCUT2D eigenvalue weighted by molar-refractivity contribution is 6.30. The van der Waals surface area contributed by atoms with Crippen molar-refractivity contribution in [3.05, 3.63) is 70.4 Å². The molecular weight excluding hydrogens is 583 g/mol. The zero-order valence-corrected chi connectivity index (χ0v) is 23.8. The summed E-state index contributed by atoms with van der Waals surface area (Å²) in [5.41, 5.74) is 1.32. The molecule has 42 heavy (non-hydrogen) atoms. The van der Waals surface area contributed by atoms with Crippen molar-refractivity contribution < 1.29 is 36.9 Å². The molecular formula is C26H31ClF3N7O5. The second-order valence-corrected chi connectivity index (χ2v) is 8.95. The fourth-order valence-electron chi connectivity index (χ4n) is 3.52. The third-order valence-corrected chi connectivity index (χ3v) is 5.87. The molecule has 1 fully saturated rings. The highest BCUT2D eigenvalue weighted by atomic mass is 35.5. The van der Waals surface area contributed by atoms with Gasteiger partial charge in [-0.05, 0) is 41.4 Å². The lowest BCUT2D eigenvalue weighted by molar-refractivity contribution is -0.107. The molecule has 1 aliphatic heterocycles. The molecule has 0 spiro atoms. The number of carbonyl (C=O) groups is 3. The number of urea groups is 1. The van der Waals surface area contributed by atoms with Gasteiger partial charge in [0.25, 0.3) is 11.8 Å². The van der Waals surface area contributed by atoms with Crippen LogP contribution in [0.2, 0.25) is 5.02 Å². The van der Waals surface area contributed by atoms with E-state index >= 15 is 0 Å². The van der Waals surface area contributed by atoms with Crippen LogP contribution in [0.4, 0.5) is 23.8 Å². The van der Waals surface area contributed by atoms with E-state index in [-0.39, 0.29) is 29.7 Å². The summed E-state index contributed by atoms with van der Waals surface area (Å²) in [6, 6.07) is 8.39. The Kier molecular flexibility index (Phi) is 13.7. The van der Waals surface area contributed by atoms with E-state index in [0.29, 0.717) is 29.8 Å². The molecule has 0 aliphatic carbocycles. The summed E-state index contributed by atoms with van der Waals surface area (Å²) in [5.74, 6) is -3.17. The van der Waals surface area contributed by atoms with Gasteiger partial charge in [-0.3, -0.25) is 4.79 Å². The molecule has 3 aromatic rings. The standard InChI is InChI=1S/C13H18F2N4O2.C7H9N3O3.C6H4ClF/c1-16-11-5-9(3-4-17-11)10(6-21-2)19-8-13(14,15)7-18-12(19)20;1-2-5-6(10-13-9-5)7(12)8-3-4-11;7-5-3-1-2-4-6(5)8/h3-5,10H,6-8H2,1-2H3,(H,16,17)(H,18,20);4H,2-3H2,1H3,(H,8,12);1-4H. The van der Waals surface area contributed by atoms with E-state index in [2.05, 4.69) is 35.9 Å². The smallest absolute Gasteiger partial charge is 0.318 e. The molecule has 3 amide bonds. The number of hydrogen-bond donors (Lipinski definition) is 3. The van der Waals surface area contributed by atoms with Gasteiger partial charge < -0.3 is 30.4 Å². The number of anilines is 1. The minimum absolute atomic E-state index is 0.0329. The van der Waals surface area contributed by atoms with Gasteiger partial charge >= 0.3 is 6.03 Å². The number of alkyl halides is 2. The van der Waals surface area contributed by atoms with Crippen LogP contribution >= 0.6 is 11.6 Å². The topological polar surface area (TPSA) is 152 Å². The summed E-state index contributed by atoms with van der Waals surface area (Å²) in [5, 5.41) is 14.6. The number of aryl methyl sites for hydroxylation is 1. The normalized spacial score (nSPS) is 14.3. The summed E-state index contributed by atoms with van der Waals surface area (Å²) in [4.78, 5) is 38.3. The molecule has 3 heterocycles. The van der Waals surface area contributed by atoms with Gasteiger partial charge in [0, 0.05) is 20.4 Å². The van der Waals surface area contributed by atoms with Crippen molar-refractivity contribution in [3.63, 3.8) is 0 Å².